The molecule has 0 aliphatic heterocycles. The number of nitrogen functional groups attached to an aromatic ring is 1. The maximum Gasteiger partial charge on any atom is 0.335 e. The summed E-state index contributed by atoms with van der Waals surface area (Å²) < 4.78 is 0. The number of aromatic carboxylic acids is 1. The van der Waals surface area contributed by atoms with E-state index < -0.39 is 5.97 Å². The maximum absolute atomic E-state index is 11.1. The zero-order chi connectivity index (χ0) is 19.7. The molecule has 28 heavy (non-hydrogen) atoms. The van der Waals surface area contributed by atoms with Gasteiger partial charge in [-0.05, 0) is 42.5 Å². The standard InChI is InChI=1S/C22H17N3O3/c23-15-8-11-18-17(12-15)19(21(26)25-18)20(13-4-2-1-3-5-13)24-16-9-6-14(7-10-16)22(27)28/h1-12,25-26H,23H2,(H,27,28). The molecule has 138 valence electrons. The van der Waals surface area contributed by atoms with Crippen molar-refractivity contribution in [2.75, 3.05) is 5.73 Å². The fourth-order valence-corrected chi connectivity index (χ4v) is 3.10. The van der Waals surface area contributed by atoms with Gasteiger partial charge in [-0.2, -0.15) is 0 Å². The van der Waals surface area contributed by atoms with Crippen LogP contribution in [0.15, 0.2) is 77.8 Å². The molecule has 5 N–H and O–H groups in total. The number of aliphatic imine (C=N–C) groups is 1. The van der Waals surface area contributed by atoms with Crippen molar-refractivity contribution < 1.29 is 15.0 Å². The van der Waals surface area contributed by atoms with Gasteiger partial charge in [-0.1, -0.05) is 30.3 Å². The first-order chi connectivity index (χ1) is 13.5. The maximum atomic E-state index is 11.1. The molecular weight excluding hydrogens is 354 g/mol. The second-order valence-electron chi connectivity index (χ2n) is 6.33. The molecule has 1 aromatic heterocycles. The highest BCUT2D eigenvalue weighted by molar-refractivity contribution is 6.22. The molecule has 0 fully saturated rings. The molecule has 0 unspecified atom stereocenters. The van der Waals surface area contributed by atoms with Gasteiger partial charge in [0, 0.05) is 22.2 Å². The third kappa shape index (κ3) is 3.19. The number of anilines is 1. The van der Waals surface area contributed by atoms with Crippen molar-refractivity contribution in [3.63, 3.8) is 0 Å². The number of carboxylic acids is 1. The second kappa shape index (κ2) is 6.92. The minimum atomic E-state index is -0.997. The Hall–Kier alpha value is -4.06. The van der Waals surface area contributed by atoms with Crippen LogP contribution < -0.4 is 5.73 Å². The Labute approximate surface area is 160 Å². The molecule has 0 bridgehead atoms. The Morgan fingerprint density at radius 2 is 1.64 bits per heavy atom. The van der Waals surface area contributed by atoms with E-state index in [1.54, 1.807) is 30.3 Å². The molecule has 3 aromatic carbocycles. The van der Waals surface area contributed by atoms with Crippen molar-refractivity contribution in [1.29, 1.82) is 0 Å². The smallest absolute Gasteiger partial charge is 0.335 e. The summed E-state index contributed by atoms with van der Waals surface area (Å²) in [5, 5.41) is 20.4. The summed E-state index contributed by atoms with van der Waals surface area (Å²) >= 11 is 0. The van der Waals surface area contributed by atoms with Gasteiger partial charge in [-0.25, -0.2) is 9.79 Å². The van der Waals surface area contributed by atoms with Crippen molar-refractivity contribution in [2.45, 2.75) is 0 Å². The van der Waals surface area contributed by atoms with Crippen molar-refractivity contribution in [1.82, 2.24) is 4.98 Å². The molecule has 4 rings (SSSR count). The number of carbonyl (C=O) groups is 1. The second-order valence-corrected chi connectivity index (χ2v) is 6.33. The lowest BCUT2D eigenvalue weighted by molar-refractivity contribution is 0.0697. The van der Waals surface area contributed by atoms with E-state index >= 15 is 0 Å². The van der Waals surface area contributed by atoms with Crippen molar-refractivity contribution in [3.05, 3.63) is 89.5 Å². The van der Waals surface area contributed by atoms with E-state index in [1.807, 2.05) is 30.3 Å². The van der Waals surface area contributed by atoms with Crippen molar-refractivity contribution in [2.24, 2.45) is 4.99 Å². The minimum absolute atomic E-state index is 0.00893. The molecule has 0 spiro atoms. The summed E-state index contributed by atoms with van der Waals surface area (Å²) in [4.78, 5) is 18.8. The van der Waals surface area contributed by atoms with Crippen LogP contribution in [0.4, 0.5) is 11.4 Å². The van der Waals surface area contributed by atoms with E-state index in [4.69, 9.17) is 15.8 Å². The average molecular weight is 371 g/mol. The normalized spacial score (nSPS) is 11.6. The number of fused-ring (bicyclic) bond motifs is 1. The number of aromatic hydroxyl groups is 1. The monoisotopic (exact) mass is 371 g/mol. The first kappa shape index (κ1) is 17.4. The Balaban J connectivity index is 1.94. The Bertz CT molecular complexity index is 1190. The lowest BCUT2D eigenvalue weighted by atomic mass is 10.0. The number of rotatable bonds is 4. The van der Waals surface area contributed by atoms with Gasteiger partial charge in [0.25, 0.3) is 0 Å². The first-order valence-electron chi connectivity index (χ1n) is 8.61. The molecule has 0 aliphatic rings. The number of H-pyrrole nitrogens is 1. The van der Waals surface area contributed by atoms with Crippen LogP contribution in [-0.2, 0) is 0 Å². The fraction of sp³-hybridized carbons (Fsp3) is 0. The van der Waals surface area contributed by atoms with E-state index in [0.29, 0.717) is 22.6 Å². The van der Waals surface area contributed by atoms with Gasteiger partial charge in [0.15, 0.2) is 5.88 Å². The Morgan fingerprint density at radius 1 is 0.929 bits per heavy atom. The van der Waals surface area contributed by atoms with Crippen LogP contribution in [0.3, 0.4) is 0 Å². The lowest BCUT2D eigenvalue weighted by Crippen LogP contribution is -2.03. The van der Waals surface area contributed by atoms with E-state index in [1.165, 1.54) is 12.1 Å². The molecule has 0 saturated heterocycles. The van der Waals surface area contributed by atoms with Gasteiger partial charge >= 0.3 is 5.97 Å². The van der Waals surface area contributed by atoms with Crippen LogP contribution in [0.5, 0.6) is 5.88 Å². The van der Waals surface area contributed by atoms with Gasteiger partial charge in [0.05, 0.1) is 22.5 Å². The third-order valence-electron chi connectivity index (χ3n) is 4.44. The highest BCUT2D eigenvalue weighted by atomic mass is 16.4. The zero-order valence-electron chi connectivity index (χ0n) is 14.8. The van der Waals surface area contributed by atoms with Crippen LogP contribution in [-0.4, -0.2) is 26.9 Å². The average Bonchev–Trinajstić information content (AvgIpc) is 3.02. The SMILES string of the molecule is Nc1ccc2[nH]c(O)c(C(=Nc3ccc(C(=O)O)cc3)c3ccccc3)c2c1. The Kier molecular flexibility index (Phi) is 4.29. The number of nitrogens with zero attached hydrogens (tertiary/aromatic N) is 1. The molecule has 0 amide bonds. The zero-order valence-corrected chi connectivity index (χ0v) is 14.8. The van der Waals surface area contributed by atoms with E-state index in [0.717, 1.165) is 16.5 Å². The summed E-state index contributed by atoms with van der Waals surface area (Å²) in [6.45, 7) is 0. The fourth-order valence-electron chi connectivity index (χ4n) is 3.10. The van der Waals surface area contributed by atoms with Crippen LogP contribution >= 0.6 is 0 Å². The number of benzene rings is 3. The van der Waals surface area contributed by atoms with E-state index in [2.05, 4.69) is 4.98 Å². The predicted octanol–water partition coefficient (Wildman–Crippen LogP) is 4.32. The summed E-state index contributed by atoms with van der Waals surface area (Å²) in [5.41, 5.74) is 9.92. The minimum Gasteiger partial charge on any atom is -0.494 e. The summed E-state index contributed by atoms with van der Waals surface area (Å²) in [6.07, 6.45) is 0. The quantitative estimate of drug-likeness (QED) is 0.316. The number of carboxylic acid groups (broad SMARTS) is 1. The van der Waals surface area contributed by atoms with Crippen LogP contribution in [0.25, 0.3) is 10.9 Å². The number of hydrogen-bond acceptors (Lipinski definition) is 4. The summed E-state index contributed by atoms with van der Waals surface area (Å²) in [6, 6.07) is 21.1. The van der Waals surface area contributed by atoms with Gasteiger partial charge in [-0.15, -0.1) is 0 Å². The summed E-state index contributed by atoms with van der Waals surface area (Å²) in [5.74, 6) is -1.01. The molecule has 0 aliphatic carbocycles. The largest absolute Gasteiger partial charge is 0.494 e. The molecule has 1 heterocycles. The van der Waals surface area contributed by atoms with E-state index in [9.17, 15) is 9.90 Å². The highest BCUT2D eigenvalue weighted by Gasteiger charge is 2.18. The Morgan fingerprint density at radius 3 is 2.32 bits per heavy atom. The molecule has 4 aromatic rings. The molecule has 0 atom stereocenters. The van der Waals surface area contributed by atoms with Crippen molar-refractivity contribution in [3.8, 4) is 5.88 Å². The van der Waals surface area contributed by atoms with E-state index in [-0.39, 0.29) is 11.4 Å². The topological polar surface area (TPSA) is 112 Å². The lowest BCUT2D eigenvalue weighted by Gasteiger charge is -2.08. The number of nitrogens with one attached hydrogen (secondary N) is 1. The number of nitrogens with two attached hydrogens (primary N) is 1. The number of aromatic amines is 1. The van der Waals surface area contributed by atoms with Crippen LogP contribution in [0.2, 0.25) is 0 Å². The first-order valence-corrected chi connectivity index (χ1v) is 8.61. The molecular formula is C22H17N3O3. The number of hydrogen-bond donors (Lipinski definition) is 4. The number of aromatic nitrogens is 1. The molecule has 0 saturated carbocycles. The van der Waals surface area contributed by atoms with Gasteiger partial charge in [0.2, 0.25) is 0 Å². The third-order valence-corrected chi connectivity index (χ3v) is 4.44. The van der Waals surface area contributed by atoms with Crippen LogP contribution in [0, 0.1) is 0 Å². The van der Waals surface area contributed by atoms with Gasteiger partial charge in [-0.3, -0.25) is 0 Å². The highest BCUT2D eigenvalue weighted by Crippen LogP contribution is 2.32. The summed E-state index contributed by atoms with van der Waals surface area (Å²) in [7, 11) is 0. The molecule has 0 radical (unpaired) electrons. The van der Waals surface area contributed by atoms with Crippen LogP contribution in [0.1, 0.15) is 21.5 Å². The predicted molar refractivity (Wildman–Crippen MR) is 110 cm³/mol. The van der Waals surface area contributed by atoms with Crippen molar-refractivity contribution >= 4 is 34.0 Å². The molecule has 6 nitrogen and oxygen atoms in total. The van der Waals surface area contributed by atoms with Gasteiger partial charge < -0.3 is 20.9 Å². The van der Waals surface area contributed by atoms with Gasteiger partial charge in [0.1, 0.15) is 0 Å². The molecule has 6 heteroatoms.